The van der Waals surface area contributed by atoms with Crippen molar-refractivity contribution >= 4 is 22.6 Å². The van der Waals surface area contributed by atoms with E-state index in [2.05, 4.69) is 103 Å². The molecule has 4 rings (SSSR count). The molecule has 114 valence electrons. The molecule has 0 unspecified atom stereocenters. The number of hydrogen-bond donors (Lipinski definition) is 0. The second-order valence-corrected chi connectivity index (χ2v) is 7.95. The third-order valence-corrected chi connectivity index (χ3v) is 5.87. The van der Waals surface area contributed by atoms with Crippen molar-refractivity contribution in [2.24, 2.45) is 0 Å². The average molecular weight is 410 g/mol. The fourth-order valence-electron chi connectivity index (χ4n) is 3.94. The Hall–Kier alpha value is -1.61. The average Bonchev–Trinajstić information content (AvgIpc) is 2.81. The highest BCUT2D eigenvalue weighted by molar-refractivity contribution is 14.1. The van der Waals surface area contributed by atoms with Crippen LogP contribution in [-0.2, 0) is 11.8 Å². The molecule has 0 aliphatic heterocycles. The van der Waals surface area contributed by atoms with Gasteiger partial charge in [0.2, 0.25) is 0 Å². The summed E-state index contributed by atoms with van der Waals surface area (Å²) in [5.74, 6) is 0. The molecule has 0 N–H and O–H groups in total. The van der Waals surface area contributed by atoms with Gasteiger partial charge in [-0.25, -0.2) is 0 Å². The van der Waals surface area contributed by atoms with E-state index in [0.717, 1.165) is 6.42 Å². The molecule has 1 heteroatoms. The summed E-state index contributed by atoms with van der Waals surface area (Å²) in [6.07, 6.45) is 0.998. The van der Waals surface area contributed by atoms with E-state index >= 15 is 0 Å². The van der Waals surface area contributed by atoms with Gasteiger partial charge in [0.25, 0.3) is 0 Å². The Morgan fingerprint density at radius 2 is 1.52 bits per heavy atom. The second-order valence-electron chi connectivity index (χ2n) is 6.79. The van der Waals surface area contributed by atoms with E-state index < -0.39 is 0 Å². The minimum absolute atomic E-state index is 0.0667. The van der Waals surface area contributed by atoms with Gasteiger partial charge >= 0.3 is 0 Å². The minimum Gasteiger partial charge on any atom is -0.0622 e. The third-order valence-electron chi connectivity index (χ3n) is 4.97. The first-order chi connectivity index (χ1) is 11.1. The summed E-state index contributed by atoms with van der Waals surface area (Å²) in [5, 5.41) is 0. The van der Waals surface area contributed by atoms with Gasteiger partial charge in [0.05, 0.1) is 0 Å². The van der Waals surface area contributed by atoms with E-state index in [-0.39, 0.29) is 5.41 Å². The van der Waals surface area contributed by atoms with E-state index in [1.807, 2.05) is 0 Å². The zero-order chi connectivity index (χ0) is 16.0. The molecule has 1 aliphatic rings. The topological polar surface area (TPSA) is 0 Å². The van der Waals surface area contributed by atoms with Crippen LogP contribution >= 0.6 is 22.6 Å². The summed E-state index contributed by atoms with van der Waals surface area (Å²) in [7, 11) is 0. The molecule has 0 amide bonds. The van der Waals surface area contributed by atoms with Crippen molar-refractivity contribution in [2.75, 3.05) is 0 Å². The molecule has 0 radical (unpaired) electrons. The number of rotatable bonds is 2. The second kappa shape index (κ2) is 5.48. The maximum Gasteiger partial charge on any atom is 0.0212 e. The SMILES string of the molecule is CC1(C)c2ccccc2-c2c(I)ccc(Cc3ccccc3)c21. The number of halogens is 1. The van der Waals surface area contributed by atoms with E-state index in [9.17, 15) is 0 Å². The standard InChI is InChI=1S/C22H19I/c1-22(2)18-11-7-6-10-17(18)20-19(23)13-12-16(21(20)22)14-15-8-4-3-5-9-15/h3-13H,14H2,1-2H3. The summed E-state index contributed by atoms with van der Waals surface area (Å²) < 4.78 is 1.35. The first-order valence-electron chi connectivity index (χ1n) is 8.04. The van der Waals surface area contributed by atoms with Gasteiger partial charge in [-0.05, 0) is 68.5 Å². The normalized spacial score (nSPS) is 14.4. The van der Waals surface area contributed by atoms with Crippen LogP contribution in [0.1, 0.15) is 36.1 Å². The van der Waals surface area contributed by atoms with E-state index in [4.69, 9.17) is 0 Å². The van der Waals surface area contributed by atoms with Crippen molar-refractivity contribution in [2.45, 2.75) is 25.7 Å². The van der Waals surface area contributed by atoms with E-state index in [1.165, 1.54) is 37.0 Å². The lowest BCUT2D eigenvalue weighted by Gasteiger charge is -2.24. The zero-order valence-corrected chi connectivity index (χ0v) is 15.6. The highest BCUT2D eigenvalue weighted by Crippen LogP contribution is 2.51. The Kier molecular flexibility index (Phi) is 3.56. The monoisotopic (exact) mass is 410 g/mol. The molecule has 0 atom stereocenters. The fraction of sp³-hybridized carbons (Fsp3) is 0.182. The highest BCUT2D eigenvalue weighted by Gasteiger charge is 2.38. The Labute approximate surface area is 151 Å². The van der Waals surface area contributed by atoms with Gasteiger partial charge < -0.3 is 0 Å². The Balaban J connectivity index is 1.94. The predicted molar refractivity (Wildman–Crippen MR) is 106 cm³/mol. The highest BCUT2D eigenvalue weighted by atomic mass is 127. The fourth-order valence-corrected chi connectivity index (χ4v) is 4.68. The molecule has 23 heavy (non-hydrogen) atoms. The summed E-state index contributed by atoms with van der Waals surface area (Å²) in [6.45, 7) is 4.73. The lowest BCUT2D eigenvalue weighted by molar-refractivity contribution is 0.653. The molecular formula is C22H19I. The Morgan fingerprint density at radius 3 is 2.30 bits per heavy atom. The van der Waals surface area contributed by atoms with Crippen LogP contribution in [-0.4, -0.2) is 0 Å². The van der Waals surface area contributed by atoms with Gasteiger partial charge in [-0.3, -0.25) is 0 Å². The van der Waals surface area contributed by atoms with Crippen molar-refractivity contribution in [1.82, 2.24) is 0 Å². The number of hydrogen-bond acceptors (Lipinski definition) is 0. The minimum atomic E-state index is 0.0667. The van der Waals surface area contributed by atoms with Crippen molar-refractivity contribution in [3.05, 3.63) is 92.6 Å². The molecule has 0 saturated carbocycles. The van der Waals surface area contributed by atoms with Crippen LogP contribution in [0.5, 0.6) is 0 Å². The van der Waals surface area contributed by atoms with Crippen LogP contribution in [0, 0.1) is 3.57 Å². The first-order valence-corrected chi connectivity index (χ1v) is 9.12. The molecule has 1 aliphatic carbocycles. The molecule has 3 aromatic carbocycles. The summed E-state index contributed by atoms with van der Waals surface area (Å²) in [6, 6.07) is 24.3. The summed E-state index contributed by atoms with van der Waals surface area (Å²) >= 11 is 2.49. The van der Waals surface area contributed by atoms with Crippen LogP contribution in [0.15, 0.2) is 66.7 Å². The van der Waals surface area contributed by atoms with Gasteiger partial charge in [0, 0.05) is 8.99 Å². The number of fused-ring (bicyclic) bond motifs is 3. The summed E-state index contributed by atoms with van der Waals surface area (Å²) in [4.78, 5) is 0. The van der Waals surface area contributed by atoms with Crippen LogP contribution in [0.4, 0.5) is 0 Å². The number of benzene rings is 3. The quantitative estimate of drug-likeness (QED) is 0.442. The van der Waals surface area contributed by atoms with Crippen molar-refractivity contribution in [3.63, 3.8) is 0 Å². The summed E-state index contributed by atoms with van der Waals surface area (Å²) in [5.41, 5.74) is 8.71. The van der Waals surface area contributed by atoms with Crippen LogP contribution in [0.3, 0.4) is 0 Å². The molecule has 0 heterocycles. The molecule has 0 aromatic heterocycles. The molecule has 0 bridgehead atoms. The third kappa shape index (κ3) is 2.33. The van der Waals surface area contributed by atoms with Crippen molar-refractivity contribution < 1.29 is 0 Å². The molecule has 0 saturated heterocycles. The lowest BCUT2D eigenvalue weighted by atomic mass is 9.79. The van der Waals surface area contributed by atoms with Gasteiger partial charge in [-0.2, -0.15) is 0 Å². The molecular weight excluding hydrogens is 391 g/mol. The van der Waals surface area contributed by atoms with Crippen molar-refractivity contribution in [3.8, 4) is 11.1 Å². The molecule has 3 aromatic rings. The largest absolute Gasteiger partial charge is 0.0622 e. The Bertz CT molecular complexity index is 876. The van der Waals surface area contributed by atoms with E-state index in [0.29, 0.717) is 0 Å². The van der Waals surface area contributed by atoms with Gasteiger partial charge in [0.15, 0.2) is 0 Å². The van der Waals surface area contributed by atoms with Gasteiger partial charge in [0.1, 0.15) is 0 Å². The van der Waals surface area contributed by atoms with Crippen LogP contribution in [0.2, 0.25) is 0 Å². The predicted octanol–water partition coefficient (Wildman–Crippen LogP) is 6.19. The first kappa shape index (κ1) is 14.9. The smallest absolute Gasteiger partial charge is 0.0212 e. The van der Waals surface area contributed by atoms with Gasteiger partial charge in [-0.1, -0.05) is 74.5 Å². The molecule has 0 nitrogen and oxygen atoms in total. The van der Waals surface area contributed by atoms with E-state index in [1.54, 1.807) is 0 Å². The zero-order valence-electron chi connectivity index (χ0n) is 13.4. The Morgan fingerprint density at radius 1 is 0.826 bits per heavy atom. The molecule has 0 spiro atoms. The van der Waals surface area contributed by atoms with Crippen LogP contribution in [0.25, 0.3) is 11.1 Å². The van der Waals surface area contributed by atoms with Crippen molar-refractivity contribution in [1.29, 1.82) is 0 Å². The van der Waals surface area contributed by atoms with Gasteiger partial charge in [-0.15, -0.1) is 0 Å². The van der Waals surface area contributed by atoms with Crippen LogP contribution < -0.4 is 0 Å². The lowest BCUT2D eigenvalue weighted by Crippen LogP contribution is -2.17. The maximum atomic E-state index is 2.49. The molecule has 0 fully saturated rings. The maximum absolute atomic E-state index is 2.49.